The zero-order chi connectivity index (χ0) is 27.5. The third-order valence-corrected chi connectivity index (χ3v) is 8.10. The van der Waals surface area contributed by atoms with Crippen molar-refractivity contribution in [2.24, 2.45) is 5.92 Å². The van der Waals surface area contributed by atoms with Gasteiger partial charge >= 0.3 is 5.97 Å². The van der Waals surface area contributed by atoms with E-state index in [1.807, 2.05) is 54.7 Å². The Hall–Kier alpha value is -4.29. The molecule has 4 aromatic rings. The Kier molecular flexibility index (Phi) is 7.43. The molecule has 1 amide bonds. The fraction of sp³-hybridized carbons (Fsp3) is 0.265. The van der Waals surface area contributed by atoms with E-state index < -0.39 is 0 Å². The number of ether oxygens (including phenoxy) is 1. The van der Waals surface area contributed by atoms with Gasteiger partial charge in [-0.3, -0.25) is 14.7 Å². The first-order chi connectivity index (χ1) is 19.6. The van der Waals surface area contributed by atoms with Crippen molar-refractivity contribution < 1.29 is 14.3 Å². The standard InChI is InChI=1S/C34H33N3O3/c1-40-34(39)25-11-7-10-24(18-25)28-14-13-26(20-36-33(38)31-19-30(31)23-8-3-2-4-9-23)32-22-37(17-15-29(28)32)21-27-12-5-6-16-35-27/h2-14,16,18,30-31H,15,17,19-22H2,1H3,(H,36,38). The van der Waals surface area contributed by atoms with Crippen molar-refractivity contribution in [3.63, 3.8) is 0 Å². The highest BCUT2D eigenvalue weighted by atomic mass is 16.5. The first-order valence-corrected chi connectivity index (χ1v) is 13.9. The second kappa shape index (κ2) is 11.4. The molecular formula is C34H33N3O3. The SMILES string of the molecule is COC(=O)c1cccc(-c2ccc(CNC(=O)C3CC3c3ccccc3)c3c2CCN(Cc2ccccn2)C3)c1. The van der Waals surface area contributed by atoms with Crippen LogP contribution in [0.4, 0.5) is 0 Å². The van der Waals surface area contributed by atoms with Gasteiger partial charge in [-0.1, -0.05) is 60.7 Å². The lowest BCUT2D eigenvalue weighted by atomic mass is 9.87. The molecule has 2 unspecified atom stereocenters. The van der Waals surface area contributed by atoms with Gasteiger partial charge in [0, 0.05) is 38.3 Å². The predicted molar refractivity (Wildman–Crippen MR) is 154 cm³/mol. The number of carbonyl (C=O) groups is 2. The number of nitrogens with zero attached hydrogens (tertiary/aromatic N) is 2. The lowest BCUT2D eigenvalue weighted by molar-refractivity contribution is -0.122. The molecule has 6 nitrogen and oxygen atoms in total. The molecule has 1 aromatic heterocycles. The van der Waals surface area contributed by atoms with Crippen molar-refractivity contribution in [1.29, 1.82) is 0 Å². The van der Waals surface area contributed by atoms with E-state index in [0.717, 1.165) is 54.9 Å². The van der Waals surface area contributed by atoms with Crippen molar-refractivity contribution >= 4 is 11.9 Å². The number of hydrogen-bond donors (Lipinski definition) is 1. The van der Waals surface area contributed by atoms with E-state index in [0.29, 0.717) is 18.0 Å². The fourth-order valence-electron chi connectivity index (χ4n) is 5.89. The summed E-state index contributed by atoms with van der Waals surface area (Å²) < 4.78 is 4.95. The van der Waals surface area contributed by atoms with E-state index in [4.69, 9.17) is 4.74 Å². The number of aromatic nitrogens is 1. The topological polar surface area (TPSA) is 71.5 Å². The number of rotatable bonds is 8. The number of fused-ring (bicyclic) bond motifs is 1. The van der Waals surface area contributed by atoms with Crippen LogP contribution in [-0.4, -0.2) is 35.4 Å². The summed E-state index contributed by atoms with van der Waals surface area (Å²) in [6.07, 6.45) is 3.61. The van der Waals surface area contributed by atoms with Crippen LogP contribution in [0, 0.1) is 5.92 Å². The van der Waals surface area contributed by atoms with E-state index in [-0.39, 0.29) is 17.8 Å². The van der Waals surface area contributed by atoms with Crippen LogP contribution >= 0.6 is 0 Å². The van der Waals surface area contributed by atoms with Gasteiger partial charge in [-0.15, -0.1) is 0 Å². The Morgan fingerprint density at radius 2 is 1.82 bits per heavy atom. The van der Waals surface area contributed by atoms with Gasteiger partial charge in [0.15, 0.2) is 0 Å². The Morgan fingerprint density at radius 3 is 2.62 bits per heavy atom. The lowest BCUT2D eigenvalue weighted by Gasteiger charge is -2.32. The number of carbonyl (C=O) groups excluding carboxylic acids is 2. The van der Waals surface area contributed by atoms with Crippen LogP contribution in [0.1, 0.15) is 50.6 Å². The average molecular weight is 532 g/mol. The first kappa shape index (κ1) is 26.0. The molecule has 6 rings (SSSR count). The molecule has 6 heteroatoms. The van der Waals surface area contributed by atoms with E-state index in [1.54, 1.807) is 6.07 Å². The maximum Gasteiger partial charge on any atom is 0.337 e. The highest BCUT2D eigenvalue weighted by Gasteiger charge is 2.43. The minimum Gasteiger partial charge on any atom is -0.465 e. The van der Waals surface area contributed by atoms with Crippen LogP contribution in [0.25, 0.3) is 11.1 Å². The molecule has 1 aliphatic carbocycles. The Balaban J connectivity index is 1.25. The summed E-state index contributed by atoms with van der Waals surface area (Å²) in [5.74, 6) is 0.136. The van der Waals surface area contributed by atoms with Crippen LogP contribution in [-0.2, 0) is 35.6 Å². The van der Waals surface area contributed by atoms with Gasteiger partial charge in [0.1, 0.15) is 0 Å². The van der Waals surface area contributed by atoms with Crippen LogP contribution < -0.4 is 5.32 Å². The highest BCUT2D eigenvalue weighted by Crippen LogP contribution is 2.47. The molecule has 40 heavy (non-hydrogen) atoms. The number of nitrogens with one attached hydrogen (secondary N) is 1. The summed E-state index contributed by atoms with van der Waals surface area (Å²) in [7, 11) is 1.40. The highest BCUT2D eigenvalue weighted by molar-refractivity contribution is 5.91. The fourth-order valence-corrected chi connectivity index (χ4v) is 5.89. The molecule has 0 spiro atoms. The zero-order valence-electron chi connectivity index (χ0n) is 22.7. The number of amides is 1. The average Bonchev–Trinajstić information content (AvgIpc) is 3.82. The lowest BCUT2D eigenvalue weighted by Crippen LogP contribution is -2.33. The molecule has 2 heterocycles. The molecular weight excluding hydrogens is 498 g/mol. The summed E-state index contributed by atoms with van der Waals surface area (Å²) in [6, 6.07) is 28.2. The molecule has 0 bridgehead atoms. The molecule has 1 N–H and O–H groups in total. The molecule has 202 valence electrons. The summed E-state index contributed by atoms with van der Waals surface area (Å²) in [5, 5.41) is 3.24. The van der Waals surface area contributed by atoms with Gasteiger partial charge in [-0.25, -0.2) is 4.79 Å². The second-order valence-corrected chi connectivity index (χ2v) is 10.7. The van der Waals surface area contributed by atoms with Crippen molar-refractivity contribution in [1.82, 2.24) is 15.2 Å². The normalized spacial score (nSPS) is 18.0. The van der Waals surface area contributed by atoms with E-state index in [9.17, 15) is 9.59 Å². The summed E-state index contributed by atoms with van der Waals surface area (Å²) in [5.41, 5.74) is 8.61. The van der Waals surface area contributed by atoms with Gasteiger partial charge in [0.25, 0.3) is 0 Å². The maximum atomic E-state index is 13.1. The van der Waals surface area contributed by atoms with Crippen LogP contribution in [0.5, 0.6) is 0 Å². The van der Waals surface area contributed by atoms with Crippen molar-refractivity contribution in [2.75, 3.05) is 13.7 Å². The largest absolute Gasteiger partial charge is 0.465 e. The molecule has 2 aliphatic rings. The van der Waals surface area contributed by atoms with Crippen LogP contribution in [0.3, 0.4) is 0 Å². The van der Waals surface area contributed by atoms with Gasteiger partial charge in [-0.2, -0.15) is 0 Å². The smallest absolute Gasteiger partial charge is 0.337 e. The number of benzene rings is 3. The predicted octanol–water partition coefficient (Wildman–Crippen LogP) is 5.51. The molecule has 0 radical (unpaired) electrons. The number of methoxy groups -OCH3 is 1. The Labute approximate surface area is 235 Å². The van der Waals surface area contributed by atoms with Crippen LogP contribution in [0.15, 0.2) is 91.1 Å². The molecule has 1 saturated carbocycles. The molecule has 0 saturated heterocycles. The van der Waals surface area contributed by atoms with Crippen molar-refractivity contribution in [3.05, 3.63) is 125 Å². The number of esters is 1. The summed E-state index contributed by atoms with van der Waals surface area (Å²) >= 11 is 0. The minimum absolute atomic E-state index is 0.0409. The second-order valence-electron chi connectivity index (χ2n) is 10.7. The maximum absolute atomic E-state index is 13.1. The Bertz CT molecular complexity index is 1520. The molecule has 2 atom stereocenters. The number of hydrogen-bond acceptors (Lipinski definition) is 5. The first-order valence-electron chi connectivity index (χ1n) is 13.9. The minimum atomic E-state index is -0.342. The van der Waals surface area contributed by atoms with Crippen molar-refractivity contribution in [2.45, 2.75) is 38.4 Å². The van der Waals surface area contributed by atoms with Crippen molar-refractivity contribution in [3.8, 4) is 11.1 Å². The van der Waals surface area contributed by atoms with E-state index in [2.05, 4.69) is 45.5 Å². The zero-order valence-corrected chi connectivity index (χ0v) is 22.7. The monoisotopic (exact) mass is 531 g/mol. The van der Waals surface area contributed by atoms with Gasteiger partial charge in [0.05, 0.1) is 18.4 Å². The van der Waals surface area contributed by atoms with E-state index in [1.165, 1.54) is 23.8 Å². The van der Waals surface area contributed by atoms with E-state index >= 15 is 0 Å². The summed E-state index contributed by atoms with van der Waals surface area (Å²) in [4.78, 5) is 32.2. The third-order valence-electron chi connectivity index (χ3n) is 8.10. The Morgan fingerprint density at radius 1 is 0.975 bits per heavy atom. The van der Waals surface area contributed by atoms with Crippen LogP contribution in [0.2, 0.25) is 0 Å². The molecule has 1 fully saturated rings. The van der Waals surface area contributed by atoms with Gasteiger partial charge < -0.3 is 10.1 Å². The summed E-state index contributed by atoms with van der Waals surface area (Å²) in [6.45, 7) is 2.95. The number of pyridine rings is 1. The third kappa shape index (κ3) is 5.54. The molecule has 1 aliphatic heterocycles. The van der Waals surface area contributed by atoms with Gasteiger partial charge in [-0.05, 0) is 76.4 Å². The van der Waals surface area contributed by atoms with Gasteiger partial charge in [0.2, 0.25) is 5.91 Å². The molecule has 3 aromatic carbocycles. The quantitative estimate of drug-likeness (QED) is 0.304.